The van der Waals surface area contributed by atoms with Gasteiger partial charge in [-0.3, -0.25) is 4.68 Å². The summed E-state index contributed by atoms with van der Waals surface area (Å²) in [4.78, 5) is 1.25. The Kier molecular flexibility index (Phi) is 3.78. The van der Waals surface area contributed by atoms with Crippen molar-refractivity contribution in [1.29, 1.82) is 0 Å². The molecule has 2 aromatic rings. The maximum absolute atomic E-state index is 4.54. The molecule has 0 aliphatic carbocycles. The Hall–Kier alpha value is -0.650. The van der Waals surface area contributed by atoms with Gasteiger partial charge in [-0.1, -0.05) is 6.07 Å². The van der Waals surface area contributed by atoms with Crippen LogP contribution in [0.1, 0.15) is 5.69 Å². The highest BCUT2D eigenvalue weighted by atomic mass is 79.9. The van der Waals surface area contributed by atoms with Gasteiger partial charge in [-0.2, -0.15) is 5.10 Å². The molecular formula is C11H14BrN3S. The van der Waals surface area contributed by atoms with E-state index >= 15 is 0 Å². The Morgan fingerprint density at radius 3 is 3.00 bits per heavy atom. The molecule has 0 spiro atoms. The first-order chi connectivity index (χ1) is 7.74. The van der Waals surface area contributed by atoms with Crippen molar-refractivity contribution in [3.63, 3.8) is 0 Å². The van der Waals surface area contributed by atoms with Crippen LogP contribution in [0, 0.1) is 0 Å². The van der Waals surface area contributed by atoms with Crippen molar-refractivity contribution in [3.8, 4) is 10.6 Å². The van der Waals surface area contributed by atoms with Gasteiger partial charge in [-0.15, -0.1) is 11.3 Å². The second-order valence-corrected chi connectivity index (χ2v) is 5.30. The van der Waals surface area contributed by atoms with Gasteiger partial charge in [0.05, 0.1) is 20.7 Å². The van der Waals surface area contributed by atoms with Crippen molar-refractivity contribution >= 4 is 27.3 Å². The number of likely N-dealkylation sites (N-methyl/N-ethyl adjacent to an activating group) is 1. The second-order valence-electron chi connectivity index (χ2n) is 3.56. The van der Waals surface area contributed by atoms with E-state index in [-0.39, 0.29) is 0 Å². The van der Waals surface area contributed by atoms with Crippen LogP contribution in [0.5, 0.6) is 0 Å². The van der Waals surface area contributed by atoms with Gasteiger partial charge in [-0.25, -0.2) is 0 Å². The summed E-state index contributed by atoms with van der Waals surface area (Å²) in [6.07, 6.45) is 0.941. The summed E-state index contributed by atoms with van der Waals surface area (Å²) in [7, 11) is 3.94. The lowest BCUT2D eigenvalue weighted by molar-refractivity contribution is 0.720. The molecule has 5 heteroatoms. The molecule has 2 heterocycles. The molecule has 0 aliphatic heterocycles. The maximum Gasteiger partial charge on any atom is 0.0923 e. The smallest absolute Gasteiger partial charge is 0.0923 e. The Morgan fingerprint density at radius 2 is 2.38 bits per heavy atom. The third-order valence-corrected chi connectivity index (χ3v) is 4.13. The lowest BCUT2D eigenvalue weighted by atomic mass is 10.2. The van der Waals surface area contributed by atoms with Gasteiger partial charge in [-0.05, 0) is 34.4 Å². The highest BCUT2D eigenvalue weighted by molar-refractivity contribution is 9.10. The van der Waals surface area contributed by atoms with E-state index in [0.717, 1.165) is 23.1 Å². The van der Waals surface area contributed by atoms with Crippen molar-refractivity contribution in [2.45, 2.75) is 6.42 Å². The third kappa shape index (κ3) is 2.21. The van der Waals surface area contributed by atoms with Crippen molar-refractivity contribution in [2.75, 3.05) is 13.6 Å². The first-order valence-electron chi connectivity index (χ1n) is 5.14. The minimum absolute atomic E-state index is 0.941. The van der Waals surface area contributed by atoms with Gasteiger partial charge in [0, 0.05) is 20.0 Å². The highest BCUT2D eigenvalue weighted by Gasteiger charge is 2.15. The number of rotatable bonds is 4. The molecule has 2 rings (SSSR count). The number of nitrogens with zero attached hydrogens (tertiary/aromatic N) is 2. The quantitative estimate of drug-likeness (QED) is 0.941. The van der Waals surface area contributed by atoms with Crippen LogP contribution >= 0.6 is 27.3 Å². The zero-order valence-corrected chi connectivity index (χ0v) is 11.7. The largest absolute Gasteiger partial charge is 0.319 e. The van der Waals surface area contributed by atoms with Gasteiger partial charge < -0.3 is 5.32 Å². The molecule has 0 unspecified atom stereocenters. The number of hydrogen-bond acceptors (Lipinski definition) is 3. The lowest BCUT2D eigenvalue weighted by Crippen LogP contribution is -2.11. The van der Waals surface area contributed by atoms with Crippen LogP contribution < -0.4 is 5.32 Å². The predicted molar refractivity (Wildman–Crippen MR) is 71.9 cm³/mol. The molecule has 0 atom stereocenters. The molecule has 0 amide bonds. The number of hydrogen-bond donors (Lipinski definition) is 1. The lowest BCUT2D eigenvalue weighted by Gasteiger charge is -1.98. The summed E-state index contributed by atoms with van der Waals surface area (Å²) < 4.78 is 3.06. The molecule has 0 aliphatic rings. The van der Waals surface area contributed by atoms with Gasteiger partial charge >= 0.3 is 0 Å². The average Bonchev–Trinajstić information content (AvgIpc) is 2.85. The Bertz CT molecular complexity index is 462. The number of thiophene rings is 1. The van der Waals surface area contributed by atoms with Gasteiger partial charge in [0.2, 0.25) is 0 Å². The fourth-order valence-electron chi connectivity index (χ4n) is 1.64. The van der Waals surface area contributed by atoms with Gasteiger partial charge in [0.15, 0.2) is 0 Å². The summed E-state index contributed by atoms with van der Waals surface area (Å²) in [6, 6.07) is 4.18. The first-order valence-corrected chi connectivity index (χ1v) is 6.81. The summed E-state index contributed by atoms with van der Waals surface area (Å²) in [5, 5.41) is 9.76. The Labute approximate surface area is 108 Å². The van der Waals surface area contributed by atoms with E-state index in [0.29, 0.717) is 0 Å². The van der Waals surface area contributed by atoms with Crippen LogP contribution in [0.2, 0.25) is 0 Å². The van der Waals surface area contributed by atoms with Crippen LogP contribution in [0.3, 0.4) is 0 Å². The van der Waals surface area contributed by atoms with E-state index in [9.17, 15) is 0 Å². The van der Waals surface area contributed by atoms with Crippen LogP contribution in [0.15, 0.2) is 22.0 Å². The van der Waals surface area contributed by atoms with Gasteiger partial charge in [0.25, 0.3) is 0 Å². The summed E-state index contributed by atoms with van der Waals surface area (Å²) in [6.45, 7) is 0.944. The fourth-order valence-corrected chi connectivity index (χ4v) is 3.32. The Morgan fingerprint density at radius 1 is 1.56 bits per heavy atom. The maximum atomic E-state index is 4.54. The average molecular weight is 300 g/mol. The summed E-state index contributed by atoms with van der Waals surface area (Å²) in [5.41, 5.74) is 2.28. The summed E-state index contributed by atoms with van der Waals surface area (Å²) in [5.74, 6) is 0. The predicted octanol–water partition coefficient (Wildman–Crippen LogP) is 2.67. The minimum Gasteiger partial charge on any atom is -0.319 e. The molecule has 0 saturated heterocycles. The summed E-state index contributed by atoms with van der Waals surface area (Å²) >= 11 is 5.38. The monoisotopic (exact) mass is 299 g/mol. The number of aromatic nitrogens is 2. The molecule has 0 radical (unpaired) electrons. The number of nitrogens with one attached hydrogen (secondary N) is 1. The molecule has 0 bridgehead atoms. The van der Waals surface area contributed by atoms with Crippen LogP contribution in [0.4, 0.5) is 0 Å². The molecule has 1 N–H and O–H groups in total. The Balaban J connectivity index is 2.36. The highest BCUT2D eigenvalue weighted by Crippen LogP contribution is 2.33. The van der Waals surface area contributed by atoms with E-state index in [4.69, 9.17) is 0 Å². The van der Waals surface area contributed by atoms with E-state index < -0.39 is 0 Å². The molecule has 86 valence electrons. The minimum atomic E-state index is 0.941. The second kappa shape index (κ2) is 5.12. The number of halogens is 1. The molecule has 0 fully saturated rings. The van der Waals surface area contributed by atoms with E-state index in [1.54, 1.807) is 11.3 Å². The van der Waals surface area contributed by atoms with Crippen molar-refractivity contribution in [2.24, 2.45) is 7.05 Å². The topological polar surface area (TPSA) is 29.9 Å². The van der Waals surface area contributed by atoms with Crippen LogP contribution in [-0.2, 0) is 13.5 Å². The molecule has 3 nitrogen and oxygen atoms in total. The van der Waals surface area contributed by atoms with E-state index in [1.807, 2.05) is 18.8 Å². The van der Waals surface area contributed by atoms with Crippen LogP contribution in [-0.4, -0.2) is 23.4 Å². The molecule has 0 saturated carbocycles. The van der Waals surface area contributed by atoms with Crippen molar-refractivity contribution in [3.05, 3.63) is 27.7 Å². The zero-order valence-electron chi connectivity index (χ0n) is 9.33. The SMILES string of the molecule is CNCCc1nn(C)c(-c2cccs2)c1Br. The van der Waals surface area contributed by atoms with Crippen molar-refractivity contribution < 1.29 is 0 Å². The molecule has 16 heavy (non-hydrogen) atoms. The number of aryl methyl sites for hydroxylation is 1. The van der Waals surface area contributed by atoms with Crippen molar-refractivity contribution in [1.82, 2.24) is 15.1 Å². The zero-order chi connectivity index (χ0) is 11.5. The first kappa shape index (κ1) is 11.8. The normalized spacial score (nSPS) is 10.9. The molecule has 0 aromatic carbocycles. The fraction of sp³-hybridized carbons (Fsp3) is 0.364. The van der Waals surface area contributed by atoms with E-state index in [2.05, 4.69) is 43.9 Å². The molecular weight excluding hydrogens is 286 g/mol. The van der Waals surface area contributed by atoms with Crippen LogP contribution in [0.25, 0.3) is 10.6 Å². The van der Waals surface area contributed by atoms with Gasteiger partial charge in [0.1, 0.15) is 0 Å². The van der Waals surface area contributed by atoms with E-state index in [1.165, 1.54) is 10.6 Å². The standard InChI is InChI=1S/C11H14BrN3S/c1-13-6-5-8-10(12)11(15(2)14-8)9-4-3-7-16-9/h3-4,7,13H,5-6H2,1-2H3. The third-order valence-electron chi connectivity index (χ3n) is 2.42. The molecule has 2 aromatic heterocycles.